The van der Waals surface area contributed by atoms with Crippen LogP contribution in [0, 0.1) is 12.7 Å². The van der Waals surface area contributed by atoms with Crippen LogP contribution in [0.3, 0.4) is 0 Å². The highest BCUT2D eigenvalue weighted by atomic mass is 32.2. The van der Waals surface area contributed by atoms with Crippen molar-refractivity contribution >= 4 is 21.6 Å². The van der Waals surface area contributed by atoms with Gasteiger partial charge in [0.05, 0.1) is 4.90 Å². The Hall–Kier alpha value is -2.59. The van der Waals surface area contributed by atoms with Gasteiger partial charge in [0.25, 0.3) is 5.78 Å². The first kappa shape index (κ1) is 17.8. The van der Waals surface area contributed by atoms with E-state index in [1.54, 1.807) is 4.52 Å². The fourth-order valence-electron chi connectivity index (χ4n) is 3.26. The van der Waals surface area contributed by atoms with Crippen molar-refractivity contribution in [2.45, 2.75) is 30.7 Å². The standard InChI is InChI=1S/C17H19FN6O2S/c1-12-10-16(24-17(21-12)19-11-20-24)23-8-6-14(7-9-23)22-27(25,26)15-4-2-13(18)3-5-15/h2-5,10-11,14,22H,6-9H2,1H3. The number of fused-ring (bicyclic) bond motifs is 1. The average Bonchev–Trinajstić information content (AvgIpc) is 3.10. The molecular formula is C17H19FN6O2S. The molecule has 1 aliphatic rings. The molecule has 2 aromatic heterocycles. The van der Waals surface area contributed by atoms with E-state index in [-0.39, 0.29) is 10.9 Å². The van der Waals surface area contributed by atoms with Gasteiger partial charge in [-0.05, 0) is 44.0 Å². The van der Waals surface area contributed by atoms with Crippen LogP contribution in [-0.2, 0) is 10.0 Å². The Morgan fingerprint density at radius 1 is 1.19 bits per heavy atom. The van der Waals surface area contributed by atoms with Crippen LogP contribution in [0.5, 0.6) is 0 Å². The van der Waals surface area contributed by atoms with Gasteiger partial charge >= 0.3 is 0 Å². The topological polar surface area (TPSA) is 92.5 Å². The molecule has 0 unspecified atom stereocenters. The molecule has 0 spiro atoms. The molecule has 1 fully saturated rings. The van der Waals surface area contributed by atoms with Gasteiger partial charge in [-0.2, -0.15) is 14.6 Å². The van der Waals surface area contributed by atoms with Crippen molar-refractivity contribution in [3.05, 3.63) is 48.2 Å². The zero-order valence-electron chi connectivity index (χ0n) is 14.7. The highest BCUT2D eigenvalue weighted by molar-refractivity contribution is 7.89. The first-order valence-electron chi connectivity index (χ1n) is 8.62. The number of aryl methyl sites for hydroxylation is 1. The van der Waals surface area contributed by atoms with Crippen molar-refractivity contribution in [1.29, 1.82) is 0 Å². The minimum absolute atomic E-state index is 0.0698. The second-order valence-corrected chi connectivity index (χ2v) is 8.28. The number of hydrogen-bond acceptors (Lipinski definition) is 6. The van der Waals surface area contributed by atoms with Gasteiger partial charge in [0, 0.05) is 30.9 Å². The molecule has 27 heavy (non-hydrogen) atoms. The maximum atomic E-state index is 13.0. The summed E-state index contributed by atoms with van der Waals surface area (Å²) in [6.07, 6.45) is 2.77. The monoisotopic (exact) mass is 390 g/mol. The molecule has 0 radical (unpaired) electrons. The fraction of sp³-hybridized carbons (Fsp3) is 0.353. The van der Waals surface area contributed by atoms with E-state index in [9.17, 15) is 12.8 Å². The summed E-state index contributed by atoms with van der Waals surface area (Å²) < 4.78 is 42.4. The Labute approximate surface area is 156 Å². The number of rotatable bonds is 4. The molecule has 142 valence electrons. The molecule has 1 N–H and O–H groups in total. The minimum atomic E-state index is -3.66. The normalized spacial score (nSPS) is 16.1. The van der Waals surface area contributed by atoms with Crippen LogP contribution in [0.2, 0.25) is 0 Å². The van der Waals surface area contributed by atoms with E-state index in [1.165, 1.54) is 18.5 Å². The maximum Gasteiger partial charge on any atom is 0.254 e. The van der Waals surface area contributed by atoms with Gasteiger partial charge in [0.2, 0.25) is 10.0 Å². The number of nitrogens with one attached hydrogen (secondary N) is 1. The lowest BCUT2D eigenvalue weighted by Gasteiger charge is -2.33. The molecule has 4 rings (SSSR count). The number of nitrogens with zero attached hydrogens (tertiary/aromatic N) is 5. The second-order valence-electron chi connectivity index (χ2n) is 6.56. The van der Waals surface area contributed by atoms with Crippen molar-refractivity contribution < 1.29 is 12.8 Å². The summed E-state index contributed by atoms with van der Waals surface area (Å²) in [6.45, 7) is 3.26. The summed E-state index contributed by atoms with van der Waals surface area (Å²) in [6, 6.07) is 6.61. The van der Waals surface area contributed by atoms with Crippen LogP contribution in [0.25, 0.3) is 5.78 Å². The third kappa shape index (κ3) is 3.62. The Kier molecular flexibility index (Phi) is 4.52. The van der Waals surface area contributed by atoms with E-state index in [0.29, 0.717) is 31.7 Å². The summed E-state index contributed by atoms with van der Waals surface area (Å²) in [5.41, 5.74) is 0.852. The minimum Gasteiger partial charge on any atom is -0.356 e. The van der Waals surface area contributed by atoms with Crippen LogP contribution in [-0.4, -0.2) is 47.1 Å². The lowest BCUT2D eigenvalue weighted by Crippen LogP contribution is -2.45. The summed E-state index contributed by atoms with van der Waals surface area (Å²) >= 11 is 0. The molecule has 1 aliphatic heterocycles. The summed E-state index contributed by atoms with van der Waals surface area (Å²) in [7, 11) is -3.66. The predicted octanol–water partition coefficient (Wildman–Crippen LogP) is 1.52. The number of aromatic nitrogens is 4. The third-order valence-corrected chi connectivity index (χ3v) is 6.16. The molecule has 0 saturated carbocycles. The van der Waals surface area contributed by atoms with Gasteiger partial charge < -0.3 is 4.90 Å². The van der Waals surface area contributed by atoms with E-state index in [1.807, 2.05) is 13.0 Å². The number of anilines is 1. The highest BCUT2D eigenvalue weighted by Gasteiger charge is 2.26. The van der Waals surface area contributed by atoms with E-state index >= 15 is 0 Å². The maximum absolute atomic E-state index is 13.0. The van der Waals surface area contributed by atoms with Crippen LogP contribution in [0.15, 0.2) is 41.6 Å². The Morgan fingerprint density at radius 3 is 2.59 bits per heavy atom. The van der Waals surface area contributed by atoms with Crippen LogP contribution in [0.4, 0.5) is 10.2 Å². The molecule has 1 aromatic carbocycles. The zero-order chi connectivity index (χ0) is 19.0. The van der Waals surface area contributed by atoms with E-state index in [4.69, 9.17) is 0 Å². The Bertz CT molecular complexity index is 1060. The number of hydrogen-bond donors (Lipinski definition) is 1. The molecule has 3 aromatic rings. The van der Waals surface area contributed by atoms with E-state index in [2.05, 4.69) is 24.7 Å². The van der Waals surface area contributed by atoms with Gasteiger partial charge in [0.15, 0.2) is 0 Å². The smallest absolute Gasteiger partial charge is 0.254 e. The second kappa shape index (κ2) is 6.86. The molecule has 0 bridgehead atoms. The average molecular weight is 390 g/mol. The molecule has 10 heteroatoms. The molecule has 0 aliphatic carbocycles. The van der Waals surface area contributed by atoms with Gasteiger partial charge in [-0.25, -0.2) is 22.5 Å². The summed E-state index contributed by atoms with van der Waals surface area (Å²) in [5.74, 6) is 0.980. The number of sulfonamides is 1. The lowest BCUT2D eigenvalue weighted by molar-refractivity contribution is 0.456. The molecule has 3 heterocycles. The van der Waals surface area contributed by atoms with Crippen molar-refractivity contribution in [2.75, 3.05) is 18.0 Å². The van der Waals surface area contributed by atoms with Crippen LogP contribution in [0.1, 0.15) is 18.5 Å². The van der Waals surface area contributed by atoms with Crippen molar-refractivity contribution in [2.24, 2.45) is 0 Å². The molecule has 0 amide bonds. The van der Waals surface area contributed by atoms with Gasteiger partial charge in [-0.15, -0.1) is 0 Å². The summed E-state index contributed by atoms with van der Waals surface area (Å²) in [5, 5.41) is 4.22. The lowest BCUT2D eigenvalue weighted by atomic mass is 10.1. The van der Waals surface area contributed by atoms with Crippen molar-refractivity contribution in [1.82, 2.24) is 24.3 Å². The van der Waals surface area contributed by atoms with E-state index in [0.717, 1.165) is 23.6 Å². The molecular weight excluding hydrogens is 371 g/mol. The fourth-order valence-corrected chi connectivity index (χ4v) is 4.57. The van der Waals surface area contributed by atoms with Crippen LogP contribution < -0.4 is 9.62 Å². The molecule has 1 saturated heterocycles. The highest BCUT2D eigenvalue weighted by Crippen LogP contribution is 2.22. The number of benzene rings is 1. The number of piperidine rings is 1. The SMILES string of the molecule is Cc1cc(N2CCC(NS(=O)(=O)c3ccc(F)cc3)CC2)n2ncnc2n1. The largest absolute Gasteiger partial charge is 0.356 e. The van der Waals surface area contributed by atoms with Crippen molar-refractivity contribution in [3.63, 3.8) is 0 Å². The predicted molar refractivity (Wildman–Crippen MR) is 97.5 cm³/mol. The van der Waals surface area contributed by atoms with Crippen LogP contribution >= 0.6 is 0 Å². The zero-order valence-corrected chi connectivity index (χ0v) is 15.5. The van der Waals surface area contributed by atoms with E-state index < -0.39 is 15.8 Å². The molecule has 8 nitrogen and oxygen atoms in total. The molecule has 0 atom stereocenters. The first-order valence-corrected chi connectivity index (χ1v) is 10.1. The quantitative estimate of drug-likeness (QED) is 0.726. The Balaban J connectivity index is 1.46. The van der Waals surface area contributed by atoms with Gasteiger partial charge in [0.1, 0.15) is 18.0 Å². The van der Waals surface area contributed by atoms with Gasteiger partial charge in [-0.3, -0.25) is 0 Å². The van der Waals surface area contributed by atoms with Gasteiger partial charge in [-0.1, -0.05) is 0 Å². The van der Waals surface area contributed by atoms with Crippen molar-refractivity contribution in [3.8, 4) is 0 Å². The Morgan fingerprint density at radius 2 is 1.89 bits per heavy atom. The first-order chi connectivity index (χ1) is 12.9. The summed E-state index contributed by atoms with van der Waals surface area (Å²) in [4.78, 5) is 10.7. The number of halogens is 1. The third-order valence-electron chi connectivity index (χ3n) is 4.63.